The van der Waals surface area contributed by atoms with Gasteiger partial charge in [0, 0.05) is 12.1 Å². The summed E-state index contributed by atoms with van der Waals surface area (Å²) in [4.78, 5) is 11.1. The highest BCUT2D eigenvalue weighted by atomic mass is 35.5. The zero-order chi connectivity index (χ0) is 15.6. The zero-order valence-electron chi connectivity index (χ0n) is 11.2. The van der Waals surface area contributed by atoms with Crippen LogP contribution in [0.1, 0.15) is 21.6 Å². The monoisotopic (exact) mass is 328 g/mol. The molecule has 0 bridgehead atoms. The number of aryl methyl sites for hydroxylation is 1. The molecule has 1 heterocycles. The second kappa shape index (κ2) is 5.87. The second-order valence-corrected chi connectivity index (χ2v) is 7.09. The number of carboxylic acid groups (broad SMARTS) is 1. The average Bonchev–Trinajstić information content (AvgIpc) is 2.73. The first-order valence-corrected chi connectivity index (χ1v) is 8.17. The molecule has 0 unspecified atom stereocenters. The van der Waals surface area contributed by atoms with E-state index < -0.39 is 15.8 Å². The largest absolute Gasteiger partial charge is 0.478 e. The summed E-state index contributed by atoms with van der Waals surface area (Å²) < 4.78 is 25.7. The quantitative estimate of drug-likeness (QED) is 0.905. The van der Waals surface area contributed by atoms with Crippen LogP contribution in [0.4, 0.5) is 0 Å². The van der Waals surface area contributed by atoms with Crippen LogP contribution >= 0.6 is 11.6 Å². The maximum atomic E-state index is 12.2. The number of hydrogen-bond acceptors (Lipinski definition) is 4. The Kier molecular flexibility index (Phi) is 4.34. The molecule has 2 rings (SSSR count). The summed E-state index contributed by atoms with van der Waals surface area (Å²) in [6, 6.07) is 6.47. The number of sulfone groups is 1. The normalized spacial score (nSPS) is 11.5. The lowest BCUT2D eigenvalue weighted by molar-refractivity contribution is 0.0696. The molecule has 0 spiro atoms. The Balaban J connectivity index is 2.24. The lowest BCUT2D eigenvalue weighted by atomic mass is 10.2. The molecule has 0 fully saturated rings. The molecule has 21 heavy (non-hydrogen) atoms. The van der Waals surface area contributed by atoms with Crippen molar-refractivity contribution in [1.29, 1.82) is 0 Å². The van der Waals surface area contributed by atoms with Gasteiger partial charge < -0.3 is 5.11 Å². The molecule has 0 aliphatic rings. The van der Waals surface area contributed by atoms with Gasteiger partial charge in [-0.1, -0.05) is 23.7 Å². The van der Waals surface area contributed by atoms with Crippen LogP contribution in [0.5, 0.6) is 0 Å². The predicted molar refractivity (Wildman–Crippen MR) is 77.9 cm³/mol. The van der Waals surface area contributed by atoms with Crippen LogP contribution in [0.15, 0.2) is 30.5 Å². The van der Waals surface area contributed by atoms with Crippen molar-refractivity contribution in [3.05, 3.63) is 52.3 Å². The fraction of sp³-hybridized carbons (Fsp3) is 0.231. The van der Waals surface area contributed by atoms with Crippen LogP contribution in [0, 0.1) is 0 Å². The maximum absolute atomic E-state index is 12.2. The van der Waals surface area contributed by atoms with Crippen molar-refractivity contribution in [3.8, 4) is 0 Å². The van der Waals surface area contributed by atoms with Crippen molar-refractivity contribution in [2.45, 2.75) is 11.5 Å². The van der Waals surface area contributed by atoms with Crippen molar-refractivity contribution in [3.63, 3.8) is 0 Å². The minimum absolute atomic E-state index is 0.0998. The van der Waals surface area contributed by atoms with E-state index in [2.05, 4.69) is 5.10 Å². The predicted octanol–water partition coefficient (Wildman–Crippen LogP) is 1.89. The fourth-order valence-corrected chi connectivity index (χ4v) is 3.59. The number of aromatic nitrogens is 2. The molecule has 0 saturated heterocycles. The molecule has 2 aromatic rings. The highest BCUT2D eigenvalue weighted by Gasteiger charge is 2.22. The van der Waals surface area contributed by atoms with Gasteiger partial charge in [0.1, 0.15) is 5.56 Å². The summed E-state index contributed by atoms with van der Waals surface area (Å²) in [5, 5.41) is 13.4. The Morgan fingerprint density at radius 2 is 1.90 bits per heavy atom. The van der Waals surface area contributed by atoms with Crippen molar-refractivity contribution >= 4 is 27.4 Å². The molecular weight excluding hydrogens is 316 g/mol. The van der Waals surface area contributed by atoms with Crippen LogP contribution < -0.4 is 0 Å². The minimum Gasteiger partial charge on any atom is -0.478 e. The van der Waals surface area contributed by atoms with Gasteiger partial charge in [0.2, 0.25) is 0 Å². The summed E-state index contributed by atoms with van der Waals surface area (Å²) >= 11 is 5.75. The van der Waals surface area contributed by atoms with Crippen LogP contribution in [0.3, 0.4) is 0 Å². The molecule has 6 nitrogen and oxygen atoms in total. The topological polar surface area (TPSA) is 89.3 Å². The van der Waals surface area contributed by atoms with E-state index in [-0.39, 0.29) is 22.8 Å². The lowest BCUT2D eigenvalue weighted by Gasteiger charge is -2.06. The number of halogens is 1. The van der Waals surface area contributed by atoms with E-state index >= 15 is 0 Å². The van der Waals surface area contributed by atoms with Gasteiger partial charge in [-0.3, -0.25) is 4.68 Å². The van der Waals surface area contributed by atoms with E-state index in [9.17, 15) is 13.2 Å². The highest BCUT2D eigenvalue weighted by molar-refractivity contribution is 7.89. The first-order valence-electron chi connectivity index (χ1n) is 5.97. The van der Waals surface area contributed by atoms with Crippen LogP contribution in [-0.4, -0.2) is 29.3 Å². The zero-order valence-corrected chi connectivity index (χ0v) is 12.7. The average molecular weight is 329 g/mol. The van der Waals surface area contributed by atoms with E-state index in [0.717, 1.165) is 6.20 Å². The molecule has 0 radical (unpaired) electrons. The van der Waals surface area contributed by atoms with Gasteiger partial charge >= 0.3 is 5.97 Å². The van der Waals surface area contributed by atoms with E-state index in [0.29, 0.717) is 10.6 Å². The SMILES string of the molecule is Cn1ncc(C(=O)O)c1CS(=O)(=O)Cc1ccc(Cl)cc1. The van der Waals surface area contributed by atoms with Crippen LogP contribution in [0.25, 0.3) is 0 Å². The molecular formula is C13H13ClN2O4S. The van der Waals surface area contributed by atoms with Gasteiger partial charge in [-0.15, -0.1) is 0 Å². The second-order valence-electron chi connectivity index (χ2n) is 4.59. The first-order chi connectivity index (χ1) is 9.78. The van der Waals surface area contributed by atoms with Crippen LogP contribution in [0.2, 0.25) is 5.02 Å². The molecule has 0 saturated carbocycles. The van der Waals surface area contributed by atoms with E-state index in [1.807, 2.05) is 0 Å². The fourth-order valence-electron chi connectivity index (χ4n) is 1.91. The molecule has 0 amide bonds. The minimum atomic E-state index is -3.52. The molecule has 0 atom stereocenters. The lowest BCUT2D eigenvalue weighted by Crippen LogP contribution is -2.13. The molecule has 112 valence electrons. The van der Waals surface area contributed by atoms with E-state index in [1.54, 1.807) is 24.3 Å². The number of rotatable bonds is 5. The Bertz CT molecular complexity index is 766. The number of nitrogens with zero attached hydrogens (tertiary/aromatic N) is 2. The number of hydrogen-bond donors (Lipinski definition) is 1. The number of benzene rings is 1. The number of aromatic carboxylic acids is 1. The number of carbonyl (C=O) groups is 1. The third-order valence-electron chi connectivity index (χ3n) is 2.95. The summed E-state index contributed by atoms with van der Waals surface area (Å²) in [6.45, 7) is 0. The number of carboxylic acids is 1. The van der Waals surface area contributed by atoms with Crippen molar-refractivity contribution in [2.24, 2.45) is 7.05 Å². The Labute approximate surface area is 126 Å². The van der Waals surface area contributed by atoms with Gasteiger partial charge in [-0.2, -0.15) is 5.10 Å². The molecule has 1 N–H and O–H groups in total. The maximum Gasteiger partial charge on any atom is 0.339 e. The summed E-state index contributed by atoms with van der Waals surface area (Å²) in [7, 11) is -2.00. The molecule has 8 heteroatoms. The standard InChI is InChI=1S/C13H13ClN2O4S/c1-16-12(11(6-15-16)13(17)18)8-21(19,20)7-9-2-4-10(14)5-3-9/h2-6H,7-8H2,1H3,(H,17,18). The van der Waals surface area contributed by atoms with Crippen LogP contribution in [-0.2, 0) is 28.4 Å². The van der Waals surface area contributed by atoms with Gasteiger partial charge in [0.25, 0.3) is 0 Å². The summed E-state index contributed by atoms with van der Waals surface area (Å²) in [5.41, 5.74) is 0.659. The van der Waals surface area contributed by atoms with Gasteiger partial charge in [0.05, 0.1) is 23.4 Å². The molecule has 0 aliphatic carbocycles. The van der Waals surface area contributed by atoms with Crippen molar-refractivity contribution < 1.29 is 18.3 Å². The molecule has 1 aromatic heterocycles. The van der Waals surface area contributed by atoms with Crippen molar-refractivity contribution in [1.82, 2.24) is 9.78 Å². The van der Waals surface area contributed by atoms with E-state index in [4.69, 9.17) is 16.7 Å². The highest BCUT2D eigenvalue weighted by Crippen LogP contribution is 2.17. The third-order valence-corrected chi connectivity index (χ3v) is 4.69. The summed E-state index contributed by atoms with van der Waals surface area (Å²) in [6.07, 6.45) is 1.15. The Morgan fingerprint density at radius 1 is 1.29 bits per heavy atom. The first kappa shape index (κ1) is 15.5. The molecule has 1 aromatic carbocycles. The van der Waals surface area contributed by atoms with Crippen molar-refractivity contribution in [2.75, 3.05) is 0 Å². The van der Waals surface area contributed by atoms with Gasteiger partial charge in [-0.05, 0) is 17.7 Å². The smallest absolute Gasteiger partial charge is 0.339 e. The summed E-state index contributed by atoms with van der Waals surface area (Å²) in [5.74, 6) is -1.76. The van der Waals surface area contributed by atoms with E-state index in [1.165, 1.54) is 11.7 Å². The third kappa shape index (κ3) is 3.83. The van der Waals surface area contributed by atoms with Gasteiger partial charge in [-0.25, -0.2) is 13.2 Å². The Hall–Kier alpha value is -1.86. The Morgan fingerprint density at radius 3 is 2.48 bits per heavy atom. The van der Waals surface area contributed by atoms with Gasteiger partial charge in [0.15, 0.2) is 9.84 Å². The molecule has 0 aliphatic heterocycles.